The SMILES string of the molecule is CCOC(=O)C(N)=C(OCC)C(=O)OCC. The normalized spacial score (nSPS) is 11.4. The van der Waals surface area contributed by atoms with Crippen LogP contribution in [0, 0.1) is 0 Å². The lowest BCUT2D eigenvalue weighted by molar-refractivity contribution is -0.145. The first-order valence-corrected chi connectivity index (χ1v) is 5.05. The van der Waals surface area contributed by atoms with Crippen LogP contribution in [0.3, 0.4) is 0 Å². The highest BCUT2D eigenvalue weighted by molar-refractivity contribution is 5.98. The Morgan fingerprint density at radius 1 is 0.875 bits per heavy atom. The fourth-order valence-corrected chi connectivity index (χ4v) is 0.889. The van der Waals surface area contributed by atoms with Crippen LogP contribution in [0.1, 0.15) is 20.8 Å². The molecule has 6 heteroatoms. The number of carbonyl (C=O) groups excluding carboxylic acids is 2. The van der Waals surface area contributed by atoms with E-state index in [4.69, 9.17) is 15.2 Å². The van der Waals surface area contributed by atoms with E-state index in [9.17, 15) is 9.59 Å². The van der Waals surface area contributed by atoms with Crippen molar-refractivity contribution in [2.45, 2.75) is 20.8 Å². The summed E-state index contributed by atoms with van der Waals surface area (Å²) < 4.78 is 14.3. The molecule has 16 heavy (non-hydrogen) atoms. The van der Waals surface area contributed by atoms with Crippen LogP contribution in [0.25, 0.3) is 0 Å². The molecule has 92 valence electrons. The van der Waals surface area contributed by atoms with E-state index in [0.29, 0.717) is 0 Å². The number of ether oxygens (including phenoxy) is 3. The van der Waals surface area contributed by atoms with E-state index in [2.05, 4.69) is 4.74 Å². The predicted octanol–water partition coefficient (Wildman–Crippen LogP) is 0.319. The van der Waals surface area contributed by atoms with E-state index >= 15 is 0 Å². The Balaban J connectivity index is 4.90. The largest absolute Gasteiger partial charge is 0.485 e. The van der Waals surface area contributed by atoms with Gasteiger partial charge in [0.1, 0.15) is 0 Å². The monoisotopic (exact) mass is 231 g/mol. The molecule has 2 N–H and O–H groups in total. The zero-order valence-corrected chi connectivity index (χ0v) is 9.74. The van der Waals surface area contributed by atoms with Crippen LogP contribution >= 0.6 is 0 Å². The summed E-state index contributed by atoms with van der Waals surface area (Å²) in [5, 5.41) is 0. The van der Waals surface area contributed by atoms with Crippen molar-refractivity contribution in [2.24, 2.45) is 5.73 Å². The van der Waals surface area contributed by atoms with E-state index < -0.39 is 11.9 Å². The molecule has 0 aromatic carbocycles. The van der Waals surface area contributed by atoms with Gasteiger partial charge in [-0.1, -0.05) is 0 Å². The van der Waals surface area contributed by atoms with Crippen molar-refractivity contribution in [3.63, 3.8) is 0 Å². The van der Waals surface area contributed by atoms with Crippen LogP contribution < -0.4 is 5.73 Å². The molecule has 0 amide bonds. The van der Waals surface area contributed by atoms with Gasteiger partial charge in [-0.05, 0) is 20.8 Å². The molecule has 0 spiro atoms. The van der Waals surface area contributed by atoms with E-state index in [1.807, 2.05) is 0 Å². The Morgan fingerprint density at radius 3 is 1.75 bits per heavy atom. The summed E-state index contributed by atoms with van der Waals surface area (Å²) in [6, 6.07) is 0. The van der Waals surface area contributed by atoms with E-state index in [1.54, 1.807) is 20.8 Å². The van der Waals surface area contributed by atoms with Crippen molar-refractivity contribution < 1.29 is 23.8 Å². The maximum Gasteiger partial charge on any atom is 0.376 e. The molecule has 0 unspecified atom stereocenters. The lowest BCUT2D eigenvalue weighted by Gasteiger charge is -2.10. The van der Waals surface area contributed by atoms with Gasteiger partial charge in [0.2, 0.25) is 5.76 Å². The highest BCUT2D eigenvalue weighted by Gasteiger charge is 2.22. The summed E-state index contributed by atoms with van der Waals surface area (Å²) >= 11 is 0. The molecule has 0 rings (SSSR count). The van der Waals surface area contributed by atoms with Gasteiger partial charge in [-0.25, -0.2) is 9.59 Å². The maximum atomic E-state index is 11.4. The number of hydrogen-bond donors (Lipinski definition) is 1. The van der Waals surface area contributed by atoms with Gasteiger partial charge in [-0.15, -0.1) is 0 Å². The fourth-order valence-electron chi connectivity index (χ4n) is 0.889. The zero-order valence-electron chi connectivity index (χ0n) is 9.74. The summed E-state index contributed by atoms with van der Waals surface area (Å²) in [4.78, 5) is 22.7. The second-order valence-electron chi connectivity index (χ2n) is 2.62. The number of hydrogen-bond acceptors (Lipinski definition) is 6. The third-order valence-electron chi connectivity index (χ3n) is 1.49. The number of carbonyl (C=O) groups is 2. The topological polar surface area (TPSA) is 87.9 Å². The smallest absolute Gasteiger partial charge is 0.376 e. The van der Waals surface area contributed by atoms with E-state index in [1.165, 1.54) is 0 Å². The molecule has 0 heterocycles. The quantitative estimate of drug-likeness (QED) is 0.402. The van der Waals surface area contributed by atoms with Crippen LogP contribution in [0.4, 0.5) is 0 Å². The lowest BCUT2D eigenvalue weighted by atomic mass is 10.3. The van der Waals surface area contributed by atoms with Gasteiger partial charge in [-0.2, -0.15) is 0 Å². The third kappa shape index (κ3) is 4.20. The second-order valence-corrected chi connectivity index (χ2v) is 2.62. The molecule has 0 fully saturated rings. The second kappa shape index (κ2) is 7.56. The first-order valence-electron chi connectivity index (χ1n) is 5.05. The molecule has 0 saturated carbocycles. The Morgan fingerprint density at radius 2 is 1.31 bits per heavy atom. The maximum absolute atomic E-state index is 11.4. The van der Waals surface area contributed by atoms with Gasteiger partial charge in [-0.3, -0.25) is 0 Å². The predicted molar refractivity (Wildman–Crippen MR) is 56.1 cm³/mol. The van der Waals surface area contributed by atoms with Crippen molar-refractivity contribution in [1.29, 1.82) is 0 Å². The number of rotatable bonds is 6. The van der Waals surface area contributed by atoms with Crippen molar-refractivity contribution in [2.75, 3.05) is 19.8 Å². The molecule has 0 saturated heterocycles. The molecular weight excluding hydrogens is 214 g/mol. The van der Waals surface area contributed by atoms with Crippen LogP contribution in [0.2, 0.25) is 0 Å². The molecule has 0 aromatic rings. The van der Waals surface area contributed by atoms with Crippen LogP contribution in [0.15, 0.2) is 11.5 Å². The molecule has 0 bridgehead atoms. The van der Waals surface area contributed by atoms with Gasteiger partial charge in [0.25, 0.3) is 0 Å². The molecule has 0 aromatic heterocycles. The molecule has 0 radical (unpaired) electrons. The standard InChI is InChI=1S/C10H17NO5/c1-4-14-8(10(13)16-6-3)7(11)9(12)15-5-2/h4-6,11H2,1-3H3. The molecule has 0 aliphatic carbocycles. The molecule has 0 aliphatic rings. The minimum Gasteiger partial charge on any atom is -0.485 e. The third-order valence-corrected chi connectivity index (χ3v) is 1.49. The fraction of sp³-hybridized carbons (Fsp3) is 0.600. The van der Waals surface area contributed by atoms with Crippen molar-refractivity contribution in [3.8, 4) is 0 Å². The van der Waals surface area contributed by atoms with Crippen LogP contribution in [0.5, 0.6) is 0 Å². The first kappa shape index (κ1) is 14.3. The Bertz CT molecular complexity index is 285. The van der Waals surface area contributed by atoms with Crippen LogP contribution in [-0.2, 0) is 23.8 Å². The van der Waals surface area contributed by atoms with Gasteiger partial charge in [0, 0.05) is 0 Å². The van der Waals surface area contributed by atoms with Gasteiger partial charge in [0.15, 0.2) is 5.70 Å². The van der Waals surface area contributed by atoms with E-state index in [0.717, 1.165) is 0 Å². The van der Waals surface area contributed by atoms with Crippen molar-refractivity contribution in [1.82, 2.24) is 0 Å². The summed E-state index contributed by atoms with van der Waals surface area (Å²) in [6.07, 6.45) is 0. The summed E-state index contributed by atoms with van der Waals surface area (Å²) in [6.45, 7) is 5.48. The first-order chi connectivity index (χ1) is 7.58. The molecule has 0 atom stereocenters. The molecule has 6 nitrogen and oxygen atoms in total. The van der Waals surface area contributed by atoms with Gasteiger partial charge in [0.05, 0.1) is 19.8 Å². The summed E-state index contributed by atoms with van der Waals surface area (Å²) in [7, 11) is 0. The molecular formula is C10H17NO5. The summed E-state index contributed by atoms with van der Waals surface area (Å²) in [5.41, 5.74) is 5.07. The average molecular weight is 231 g/mol. The van der Waals surface area contributed by atoms with Gasteiger partial charge >= 0.3 is 11.9 Å². The van der Waals surface area contributed by atoms with Gasteiger partial charge < -0.3 is 19.9 Å². The highest BCUT2D eigenvalue weighted by atomic mass is 16.6. The Hall–Kier alpha value is -1.72. The molecule has 0 aliphatic heterocycles. The minimum absolute atomic E-state index is 0.168. The lowest BCUT2D eigenvalue weighted by Crippen LogP contribution is -2.23. The van der Waals surface area contributed by atoms with E-state index in [-0.39, 0.29) is 31.3 Å². The minimum atomic E-state index is -0.793. The van der Waals surface area contributed by atoms with Crippen molar-refractivity contribution >= 4 is 11.9 Å². The Kier molecular flexibility index (Phi) is 6.74. The zero-order chi connectivity index (χ0) is 12.6. The number of nitrogens with two attached hydrogens (primary N) is 1. The van der Waals surface area contributed by atoms with Crippen molar-refractivity contribution in [3.05, 3.63) is 11.5 Å². The Labute approximate surface area is 94.3 Å². The average Bonchev–Trinajstić information content (AvgIpc) is 2.25. The highest BCUT2D eigenvalue weighted by Crippen LogP contribution is 2.06. The summed E-state index contributed by atoms with van der Waals surface area (Å²) in [5.74, 6) is -1.86. The number of esters is 2. The van der Waals surface area contributed by atoms with Crippen LogP contribution in [-0.4, -0.2) is 31.8 Å².